The van der Waals surface area contributed by atoms with Crippen molar-refractivity contribution in [2.45, 2.75) is 46.1 Å². The van der Waals surface area contributed by atoms with E-state index in [1.54, 1.807) is 4.68 Å². The van der Waals surface area contributed by atoms with Crippen LogP contribution in [0.5, 0.6) is 0 Å². The SMILES string of the molecule is CCOC(=O)Cn1nc2c(c1C)CCC2C. The van der Waals surface area contributed by atoms with Crippen molar-refractivity contribution in [1.82, 2.24) is 9.78 Å². The van der Waals surface area contributed by atoms with Gasteiger partial charge in [-0.2, -0.15) is 5.10 Å². The third kappa shape index (κ3) is 1.84. The highest BCUT2D eigenvalue weighted by Crippen LogP contribution is 2.33. The van der Waals surface area contributed by atoms with Gasteiger partial charge in [-0.25, -0.2) is 0 Å². The van der Waals surface area contributed by atoms with E-state index < -0.39 is 0 Å². The minimum atomic E-state index is -0.209. The van der Waals surface area contributed by atoms with Gasteiger partial charge in [0.25, 0.3) is 0 Å². The molecule has 0 radical (unpaired) electrons. The van der Waals surface area contributed by atoms with E-state index in [0.29, 0.717) is 12.5 Å². The predicted molar refractivity (Wildman–Crippen MR) is 60.3 cm³/mol. The highest BCUT2D eigenvalue weighted by Gasteiger charge is 2.26. The van der Waals surface area contributed by atoms with Crippen LogP contribution in [0.4, 0.5) is 0 Å². The number of carbonyl (C=O) groups excluding carboxylic acids is 1. The average molecular weight is 222 g/mol. The van der Waals surface area contributed by atoms with Crippen molar-refractivity contribution in [2.24, 2.45) is 0 Å². The van der Waals surface area contributed by atoms with Gasteiger partial charge in [-0.3, -0.25) is 9.48 Å². The molecular weight excluding hydrogens is 204 g/mol. The monoisotopic (exact) mass is 222 g/mol. The lowest BCUT2D eigenvalue weighted by Crippen LogP contribution is -2.16. The van der Waals surface area contributed by atoms with E-state index >= 15 is 0 Å². The van der Waals surface area contributed by atoms with Crippen LogP contribution in [0.15, 0.2) is 0 Å². The summed E-state index contributed by atoms with van der Waals surface area (Å²) in [6.45, 7) is 6.70. The molecule has 0 saturated heterocycles. The molecule has 0 aromatic carbocycles. The Hall–Kier alpha value is -1.32. The van der Waals surface area contributed by atoms with Crippen LogP contribution in [0, 0.1) is 6.92 Å². The molecule has 2 rings (SSSR count). The molecule has 1 heterocycles. The molecule has 0 bridgehead atoms. The zero-order valence-corrected chi connectivity index (χ0v) is 10.1. The van der Waals surface area contributed by atoms with Crippen molar-refractivity contribution >= 4 is 5.97 Å². The normalized spacial score (nSPS) is 18.6. The Balaban J connectivity index is 2.18. The summed E-state index contributed by atoms with van der Waals surface area (Å²) >= 11 is 0. The smallest absolute Gasteiger partial charge is 0.327 e. The van der Waals surface area contributed by atoms with Gasteiger partial charge in [-0.1, -0.05) is 6.92 Å². The second-order valence-electron chi connectivity index (χ2n) is 4.35. The summed E-state index contributed by atoms with van der Waals surface area (Å²) in [5, 5.41) is 4.51. The number of hydrogen-bond donors (Lipinski definition) is 0. The predicted octanol–water partition coefficient (Wildman–Crippen LogP) is 1.80. The van der Waals surface area contributed by atoms with Gasteiger partial charge in [0.1, 0.15) is 6.54 Å². The quantitative estimate of drug-likeness (QED) is 0.732. The van der Waals surface area contributed by atoms with Crippen molar-refractivity contribution < 1.29 is 9.53 Å². The average Bonchev–Trinajstić information content (AvgIpc) is 2.72. The third-order valence-corrected chi connectivity index (χ3v) is 3.24. The van der Waals surface area contributed by atoms with Crippen LogP contribution in [0.3, 0.4) is 0 Å². The van der Waals surface area contributed by atoms with E-state index in [4.69, 9.17) is 4.74 Å². The zero-order valence-electron chi connectivity index (χ0n) is 10.1. The first kappa shape index (κ1) is 11.2. The molecular formula is C12H18N2O2. The fourth-order valence-corrected chi connectivity index (χ4v) is 2.29. The van der Waals surface area contributed by atoms with Crippen LogP contribution in [0.2, 0.25) is 0 Å². The Kier molecular flexibility index (Phi) is 2.99. The fraction of sp³-hybridized carbons (Fsp3) is 0.667. The Morgan fingerprint density at radius 2 is 2.38 bits per heavy atom. The van der Waals surface area contributed by atoms with Gasteiger partial charge < -0.3 is 4.74 Å². The third-order valence-electron chi connectivity index (χ3n) is 3.24. The van der Waals surface area contributed by atoms with Gasteiger partial charge in [0.2, 0.25) is 0 Å². The van der Waals surface area contributed by atoms with E-state index in [0.717, 1.165) is 12.1 Å². The van der Waals surface area contributed by atoms with E-state index in [9.17, 15) is 4.79 Å². The van der Waals surface area contributed by atoms with Crippen molar-refractivity contribution in [1.29, 1.82) is 0 Å². The Labute approximate surface area is 95.6 Å². The number of hydrogen-bond acceptors (Lipinski definition) is 3. The molecule has 0 fully saturated rings. The van der Waals surface area contributed by atoms with Crippen LogP contribution in [0.25, 0.3) is 0 Å². The summed E-state index contributed by atoms with van der Waals surface area (Å²) in [7, 11) is 0. The highest BCUT2D eigenvalue weighted by atomic mass is 16.5. The highest BCUT2D eigenvalue weighted by molar-refractivity contribution is 5.69. The maximum absolute atomic E-state index is 11.4. The number of rotatable bonds is 3. The summed E-state index contributed by atoms with van der Waals surface area (Å²) in [4.78, 5) is 11.4. The first-order chi connectivity index (χ1) is 7.63. The molecule has 16 heavy (non-hydrogen) atoms. The second-order valence-corrected chi connectivity index (χ2v) is 4.35. The van der Waals surface area contributed by atoms with E-state index in [1.807, 2.05) is 13.8 Å². The molecule has 1 aromatic rings. The van der Waals surface area contributed by atoms with E-state index in [-0.39, 0.29) is 12.5 Å². The summed E-state index contributed by atoms with van der Waals surface area (Å²) in [6.07, 6.45) is 2.27. The Morgan fingerprint density at radius 1 is 1.62 bits per heavy atom. The van der Waals surface area contributed by atoms with Crippen molar-refractivity contribution in [3.8, 4) is 0 Å². The number of carbonyl (C=O) groups is 1. The minimum Gasteiger partial charge on any atom is -0.465 e. The molecule has 1 atom stereocenters. The summed E-state index contributed by atoms with van der Waals surface area (Å²) in [6, 6.07) is 0. The molecule has 0 N–H and O–H groups in total. The lowest BCUT2D eigenvalue weighted by molar-refractivity contribution is -0.144. The molecule has 1 aliphatic rings. The largest absolute Gasteiger partial charge is 0.465 e. The number of fused-ring (bicyclic) bond motifs is 1. The second kappa shape index (κ2) is 4.28. The maximum Gasteiger partial charge on any atom is 0.327 e. The number of nitrogens with zero attached hydrogens (tertiary/aromatic N) is 2. The van der Waals surface area contributed by atoms with Gasteiger partial charge >= 0.3 is 5.97 Å². The summed E-state index contributed by atoms with van der Waals surface area (Å²) in [5.41, 5.74) is 3.62. The number of aromatic nitrogens is 2. The maximum atomic E-state index is 11.4. The van der Waals surface area contributed by atoms with Gasteiger partial charge in [0.15, 0.2) is 0 Å². The van der Waals surface area contributed by atoms with E-state index in [2.05, 4.69) is 12.0 Å². The molecule has 88 valence electrons. The molecule has 4 nitrogen and oxygen atoms in total. The van der Waals surface area contributed by atoms with Gasteiger partial charge in [0.05, 0.1) is 12.3 Å². The van der Waals surface area contributed by atoms with Crippen molar-refractivity contribution in [2.75, 3.05) is 6.61 Å². The van der Waals surface area contributed by atoms with Crippen LogP contribution in [-0.4, -0.2) is 22.4 Å². The molecule has 0 amide bonds. The van der Waals surface area contributed by atoms with Crippen LogP contribution < -0.4 is 0 Å². The van der Waals surface area contributed by atoms with Gasteiger partial charge in [0, 0.05) is 11.6 Å². The van der Waals surface area contributed by atoms with Crippen molar-refractivity contribution in [3.63, 3.8) is 0 Å². The molecule has 1 aliphatic carbocycles. The number of esters is 1. The van der Waals surface area contributed by atoms with Crippen LogP contribution in [0.1, 0.15) is 43.1 Å². The molecule has 0 spiro atoms. The first-order valence-corrected chi connectivity index (χ1v) is 5.85. The number of ether oxygens (including phenoxy) is 1. The first-order valence-electron chi connectivity index (χ1n) is 5.85. The van der Waals surface area contributed by atoms with Crippen LogP contribution >= 0.6 is 0 Å². The molecule has 4 heteroatoms. The minimum absolute atomic E-state index is 0.209. The van der Waals surface area contributed by atoms with Crippen LogP contribution in [-0.2, 0) is 22.5 Å². The van der Waals surface area contributed by atoms with Crippen molar-refractivity contribution in [3.05, 3.63) is 17.0 Å². The fourth-order valence-electron chi connectivity index (χ4n) is 2.29. The lowest BCUT2D eigenvalue weighted by Gasteiger charge is -2.05. The Bertz CT molecular complexity index is 409. The Morgan fingerprint density at radius 3 is 3.00 bits per heavy atom. The molecule has 1 aromatic heterocycles. The molecule has 1 unspecified atom stereocenters. The zero-order chi connectivity index (χ0) is 11.7. The topological polar surface area (TPSA) is 44.1 Å². The lowest BCUT2D eigenvalue weighted by atomic mass is 10.1. The van der Waals surface area contributed by atoms with Gasteiger partial charge in [-0.05, 0) is 32.3 Å². The van der Waals surface area contributed by atoms with E-state index in [1.165, 1.54) is 17.7 Å². The summed E-state index contributed by atoms with van der Waals surface area (Å²) < 4.78 is 6.70. The molecule has 0 aliphatic heterocycles. The molecule has 0 saturated carbocycles. The van der Waals surface area contributed by atoms with Gasteiger partial charge in [-0.15, -0.1) is 0 Å². The summed E-state index contributed by atoms with van der Waals surface area (Å²) in [5.74, 6) is 0.316. The standard InChI is InChI=1S/C12H18N2O2/c1-4-16-11(15)7-14-9(3)10-6-5-8(2)12(10)13-14/h8H,4-7H2,1-3H3.